The lowest BCUT2D eigenvalue weighted by Gasteiger charge is -2.01. The second-order valence-corrected chi connectivity index (χ2v) is 5.74. The summed E-state index contributed by atoms with van der Waals surface area (Å²) in [5.41, 5.74) is 0.605. The quantitative estimate of drug-likeness (QED) is 0.839. The predicted octanol–water partition coefficient (Wildman–Crippen LogP) is 1.73. The largest absolute Gasteiger partial charge is 0.228 e. The first-order valence-electron chi connectivity index (χ1n) is 3.33. The minimum absolute atomic E-state index is 0.177. The molecule has 0 unspecified atom stereocenters. The Kier molecular flexibility index (Phi) is 3.56. The van der Waals surface area contributed by atoms with Crippen LogP contribution in [0, 0.1) is 3.57 Å². The van der Waals surface area contributed by atoms with Crippen molar-refractivity contribution < 1.29 is 8.42 Å². The molecule has 6 heteroatoms. The zero-order chi connectivity index (χ0) is 10.1. The maximum atomic E-state index is 10.7. The number of hydrogen-bond acceptors (Lipinski definition) is 2. The van der Waals surface area contributed by atoms with Gasteiger partial charge >= 0.3 is 0 Å². The van der Waals surface area contributed by atoms with Crippen LogP contribution >= 0.6 is 34.2 Å². The molecule has 0 saturated heterocycles. The number of benzene rings is 1. The van der Waals surface area contributed by atoms with Gasteiger partial charge < -0.3 is 0 Å². The molecule has 0 atom stereocenters. The van der Waals surface area contributed by atoms with E-state index in [0.29, 0.717) is 10.6 Å². The second-order valence-electron chi connectivity index (χ2n) is 2.56. The minimum atomic E-state index is -3.47. The zero-order valence-electron chi connectivity index (χ0n) is 6.50. The summed E-state index contributed by atoms with van der Waals surface area (Å²) in [6.45, 7) is 0. The van der Waals surface area contributed by atoms with Crippen LogP contribution in [0.2, 0.25) is 5.02 Å². The van der Waals surface area contributed by atoms with E-state index in [2.05, 4.69) is 22.6 Å². The van der Waals surface area contributed by atoms with Crippen LogP contribution in [0.1, 0.15) is 5.56 Å². The molecular weight excluding hydrogens is 325 g/mol. The lowest BCUT2D eigenvalue weighted by molar-refractivity contribution is 0.597. The van der Waals surface area contributed by atoms with Crippen molar-refractivity contribution in [1.82, 2.24) is 0 Å². The molecule has 0 fully saturated rings. The van der Waals surface area contributed by atoms with Gasteiger partial charge in [0.15, 0.2) is 0 Å². The molecule has 2 N–H and O–H groups in total. The van der Waals surface area contributed by atoms with Gasteiger partial charge in [-0.3, -0.25) is 0 Å². The van der Waals surface area contributed by atoms with Gasteiger partial charge in [0.25, 0.3) is 0 Å². The Hall–Kier alpha value is 0.150. The standard InChI is InChI=1S/C7H7ClINO2S/c8-6-3-5(1-2-7(6)9)4-13(10,11)12/h1-3H,4H2,(H2,10,11,12). The fourth-order valence-corrected chi connectivity index (χ4v) is 2.04. The number of rotatable bonds is 2. The van der Waals surface area contributed by atoms with E-state index in [4.69, 9.17) is 16.7 Å². The summed E-state index contributed by atoms with van der Waals surface area (Å²) >= 11 is 7.87. The third kappa shape index (κ3) is 3.80. The van der Waals surface area contributed by atoms with Crippen molar-refractivity contribution in [1.29, 1.82) is 0 Å². The van der Waals surface area contributed by atoms with E-state index in [-0.39, 0.29) is 5.75 Å². The van der Waals surface area contributed by atoms with Crippen LogP contribution in [0.4, 0.5) is 0 Å². The first-order chi connectivity index (χ1) is 5.88. The van der Waals surface area contributed by atoms with Gasteiger partial charge in [-0.1, -0.05) is 17.7 Å². The summed E-state index contributed by atoms with van der Waals surface area (Å²) in [7, 11) is -3.47. The SMILES string of the molecule is NS(=O)(=O)Cc1ccc(I)c(Cl)c1. The molecule has 1 rings (SSSR count). The molecule has 0 aliphatic heterocycles. The predicted molar refractivity (Wildman–Crippen MR) is 61.0 cm³/mol. The Bertz CT molecular complexity index is 419. The molecule has 3 nitrogen and oxygen atoms in total. The highest BCUT2D eigenvalue weighted by Gasteiger charge is 2.06. The lowest BCUT2D eigenvalue weighted by Crippen LogP contribution is -2.14. The summed E-state index contributed by atoms with van der Waals surface area (Å²) in [4.78, 5) is 0. The normalized spacial score (nSPS) is 11.6. The summed E-state index contributed by atoms with van der Waals surface area (Å²) in [6, 6.07) is 5.05. The van der Waals surface area contributed by atoms with E-state index < -0.39 is 10.0 Å². The van der Waals surface area contributed by atoms with E-state index in [1.165, 1.54) is 0 Å². The lowest BCUT2D eigenvalue weighted by atomic mass is 10.2. The zero-order valence-corrected chi connectivity index (χ0v) is 10.2. The fourth-order valence-electron chi connectivity index (χ4n) is 0.862. The van der Waals surface area contributed by atoms with Crippen molar-refractivity contribution in [2.24, 2.45) is 5.14 Å². The number of hydrogen-bond donors (Lipinski definition) is 1. The van der Waals surface area contributed by atoms with Crippen LogP contribution in [0.5, 0.6) is 0 Å². The first-order valence-corrected chi connectivity index (χ1v) is 6.50. The first kappa shape index (κ1) is 11.2. The van der Waals surface area contributed by atoms with Gasteiger partial charge in [0.2, 0.25) is 10.0 Å². The van der Waals surface area contributed by atoms with Crippen LogP contribution in [-0.4, -0.2) is 8.42 Å². The van der Waals surface area contributed by atoms with Gasteiger partial charge in [-0.25, -0.2) is 13.6 Å². The third-order valence-corrected chi connectivity index (χ3v) is 3.66. The van der Waals surface area contributed by atoms with Crippen LogP contribution in [0.3, 0.4) is 0 Å². The molecule has 0 saturated carbocycles. The molecule has 0 aliphatic rings. The van der Waals surface area contributed by atoms with Crippen LogP contribution < -0.4 is 5.14 Å². The average Bonchev–Trinajstić information content (AvgIpc) is 1.94. The van der Waals surface area contributed by atoms with Crippen molar-refractivity contribution in [2.45, 2.75) is 5.75 Å². The smallest absolute Gasteiger partial charge is 0.213 e. The monoisotopic (exact) mass is 331 g/mol. The molecule has 0 aromatic heterocycles. The number of sulfonamides is 1. The molecule has 0 spiro atoms. The van der Waals surface area contributed by atoms with Crippen LogP contribution in [0.25, 0.3) is 0 Å². The van der Waals surface area contributed by atoms with E-state index in [1.54, 1.807) is 18.2 Å². The topological polar surface area (TPSA) is 60.2 Å². The number of nitrogens with two attached hydrogens (primary N) is 1. The molecule has 0 radical (unpaired) electrons. The average molecular weight is 332 g/mol. The van der Waals surface area contributed by atoms with Gasteiger partial charge in [-0.15, -0.1) is 0 Å². The van der Waals surface area contributed by atoms with Crippen LogP contribution in [0.15, 0.2) is 18.2 Å². The van der Waals surface area contributed by atoms with Gasteiger partial charge in [0.05, 0.1) is 10.8 Å². The van der Waals surface area contributed by atoms with E-state index in [1.807, 2.05) is 0 Å². The van der Waals surface area contributed by atoms with Crippen molar-refractivity contribution in [3.63, 3.8) is 0 Å². The maximum absolute atomic E-state index is 10.7. The van der Waals surface area contributed by atoms with Gasteiger partial charge in [0.1, 0.15) is 0 Å². The van der Waals surface area contributed by atoms with Gasteiger partial charge in [0, 0.05) is 3.57 Å². The fraction of sp³-hybridized carbons (Fsp3) is 0.143. The molecule has 0 heterocycles. The van der Waals surface area contributed by atoms with Gasteiger partial charge in [-0.2, -0.15) is 0 Å². The Labute approximate surface area is 95.5 Å². The number of primary sulfonamides is 1. The molecule has 0 amide bonds. The molecule has 1 aromatic carbocycles. The maximum Gasteiger partial charge on any atom is 0.213 e. The summed E-state index contributed by atoms with van der Waals surface area (Å²) in [6.07, 6.45) is 0. The van der Waals surface area contributed by atoms with E-state index in [0.717, 1.165) is 3.57 Å². The summed E-state index contributed by atoms with van der Waals surface area (Å²) in [5, 5.41) is 5.43. The molecule has 1 aromatic rings. The highest BCUT2D eigenvalue weighted by molar-refractivity contribution is 14.1. The van der Waals surface area contributed by atoms with Crippen molar-refractivity contribution in [3.8, 4) is 0 Å². The second kappa shape index (κ2) is 4.12. The highest BCUT2D eigenvalue weighted by atomic mass is 127. The molecule has 13 heavy (non-hydrogen) atoms. The van der Waals surface area contributed by atoms with Crippen LogP contribution in [-0.2, 0) is 15.8 Å². The summed E-state index contributed by atoms with van der Waals surface area (Å²) < 4.78 is 22.3. The van der Waals surface area contributed by atoms with Crippen molar-refractivity contribution in [3.05, 3.63) is 32.4 Å². The van der Waals surface area contributed by atoms with Crippen molar-refractivity contribution >= 4 is 44.2 Å². The molecule has 72 valence electrons. The third-order valence-electron chi connectivity index (χ3n) is 1.35. The molecule has 0 bridgehead atoms. The Balaban J connectivity index is 2.99. The van der Waals surface area contributed by atoms with E-state index >= 15 is 0 Å². The Morgan fingerprint density at radius 1 is 1.46 bits per heavy atom. The highest BCUT2D eigenvalue weighted by Crippen LogP contribution is 2.20. The Morgan fingerprint density at radius 2 is 2.08 bits per heavy atom. The van der Waals surface area contributed by atoms with Crippen molar-refractivity contribution in [2.75, 3.05) is 0 Å². The van der Waals surface area contributed by atoms with Gasteiger partial charge in [-0.05, 0) is 40.3 Å². The Morgan fingerprint density at radius 3 is 2.54 bits per heavy atom. The number of halogens is 2. The molecule has 0 aliphatic carbocycles. The molecular formula is C7H7ClINO2S. The summed E-state index contributed by atoms with van der Waals surface area (Å²) in [5.74, 6) is -0.177. The van der Waals surface area contributed by atoms with E-state index in [9.17, 15) is 8.42 Å². The minimum Gasteiger partial charge on any atom is -0.228 e.